The van der Waals surface area contributed by atoms with Crippen molar-refractivity contribution in [2.24, 2.45) is 5.92 Å². The van der Waals surface area contributed by atoms with Gasteiger partial charge in [-0.15, -0.1) is 0 Å². The lowest BCUT2D eigenvalue weighted by atomic mass is 9.89. The largest absolute Gasteiger partial charge is 0.396 e. The SMILES string of the molecule is OC[C@H]1CCC[C@H](F)C1. The van der Waals surface area contributed by atoms with Gasteiger partial charge in [0, 0.05) is 6.61 Å². The maximum atomic E-state index is 12.5. The number of aliphatic hydroxyl groups excluding tert-OH is 1. The van der Waals surface area contributed by atoms with E-state index in [2.05, 4.69) is 0 Å². The van der Waals surface area contributed by atoms with Crippen LogP contribution in [-0.4, -0.2) is 17.9 Å². The van der Waals surface area contributed by atoms with Crippen molar-refractivity contribution < 1.29 is 9.50 Å². The molecule has 0 heterocycles. The number of rotatable bonds is 1. The lowest BCUT2D eigenvalue weighted by molar-refractivity contribution is 0.136. The summed E-state index contributed by atoms with van der Waals surface area (Å²) in [6.45, 7) is 0.167. The van der Waals surface area contributed by atoms with Gasteiger partial charge in [-0.1, -0.05) is 6.42 Å². The smallest absolute Gasteiger partial charge is 0.100 e. The molecule has 1 rings (SSSR count). The van der Waals surface area contributed by atoms with E-state index in [1.165, 1.54) is 0 Å². The van der Waals surface area contributed by atoms with E-state index in [1.54, 1.807) is 0 Å². The van der Waals surface area contributed by atoms with E-state index < -0.39 is 6.17 Å². The van der Waals surface area contributed by atoms with E-state index in [-0.39, 0.29) is 12.5 Å². The molecule has 9 heavy (non-hydrogen) atoms. The quantitative estimate of drug-likeness (QED) is 0.573. The molecule has 2 heteroatoms. The summed E-state index contributed by atoms with van der Waals surface area (Å²) >= 11 is 0. The molecule has 54 valence electrons. The minimum absolute atomic E-state index is 0.167. The first-order valence-electron chi connectivity index (χ1n) is 3.58. The number of alkyl halides is 1. The molecule has 0 amide bonds. The lowest BCUT2D eigenvalue weighted by Crippen LogP contribution is -2.18. The van der Waals surface area contributed by atoms with E-state index in [1.807, 2.05) is 0 Å². The van der Waals surface area contributed by atoms with Crippen molar-refractivity contribution in [3.63, 3.8) is 0 Å². The van der Waals surface area contributed by atoms with Crippen LogP contribution in [-0.2, 0) is 0 Å². The maximum Gasteiger partial charge on any atom is 0.100 e. The second-order valence-corrected chi connectivity index (χ2v) is 2.81. The molecule has 0 aromatic carbocycles. The van der Waals surface area contributed by atoms with Gasteiger partial charge in [0.2, 0.25) is 0 Å². The molecular weight excluding hydrogens is 119 g/mol. The molecule has 0 radical (unpaired) electrons. The van der Waals surface area contributed by atoms with Gasteiger partial charge in [-0.05, 0) is 25.2 Å². The van der Waals surface area contributed by atoms with Gasteiger partial charge in [-0.2, -0.15) is 0 Å². The van der Waals surface area contributed by atoms with Crippen molar-refractivity contribution in [3.8, 4) is 0 Å². The topological polar surface area (TPSA) is 20.2 Å². The van der Waals surface area contributed by atoms with E-state index in [4.69, 9.17) is 5.11 Å². The molecule has 1 saturated carbocycles. The molecule has 1 fully saturated rings. The Bertz CT molecular complexity index is 85.0. The van der Waals surface area contributed by atoms with Crippen LogP contribution in [0.15, 0.2) is 0 Å². The average Bonchev–Trinajstić information content (AvgIpc) is 1.88. The third-order valence-electron chi connectivity index (χ3n) is 1.98. The summed E-state index contributed by atoms with van der Waals surface area (Å²) in [5, 5.41) is 8.64. The first-order valence-corrected chi connectivity index (χ1v) is 3.58. The van der Waals surface area contributed by atoms with E-state index in [0.717, 1.165) is 12.8 Å². The predicted octanol–water partition coefficient (Wildman–Crippen LogP) is 1.51. The first-order chi connectivity index (χ1) is 4.33. The van der Waals surface area contributed by atoms with Gasteiger partial charge in [-0.3, -0.25) is 0 Å². The van der Waals surface area contributed by atoms with Crippen LogP contribution in [0.1, 0.15) is 25.7 Å². The molecular formula is C7H13FO. The van der Waals surface area contributed by atoms with Crippen molar-refractivity contribution in [1.29, 1.82) is 0 Å². The Hall–Kier alpha value is -0.110. The van der Waals surface area contributed by atoms with Crippen LogP contribution in [0.2, 0.25) is 0 Å². The van der Waals surface area contributed by atoms with Gasteiger partial charge in [0.15, 0.2) is 0 Å². The van der Waals surface area contributed by atoms with E-state index in [0.29, 0.717) is 12.8 Å². The number of halogens is 1. The van der Waals surface area contributed by atoms with Crippen LogP contribution >= 0.6 is 0 Å². The second kappa shape index (κ2) is 3.16. The zero-order valence-corrected chi connectivity index (χ0v) is 5.52. The molecule has 1 nitrogen and oxygen atoms in total. The molecule has 0 bridgehead atoms. The first kappa shape index (κ1) is 7.00. The molecule has 0 saturated heterocycles. The third kappa shape index (κ3) is 1.94. The summed E-state index contributed by atoms with van der Waals surface area (Å²) in [7, 11) is 0. The summed E-state index contributed by atoms with van der Waals surface area (Å²) in [4.78, 5) is 0. The van der Waals surface area contributed by atoms with E-state index in [9.17, 15) is 4.39 Å². The predicted molar refractivity (Wildman–Crippen MR) is 33.9 cm³/mol. The second-order valence-electron chi connectivity index (χ2n) is 2.81. The van der Waals surface area contributed by atoms with E-state index >= 15 is 0 Å². The zero-order chi connectivity index (χ0) is 6.69. The van der Waals surface area contributed by atoms with Gasteiger partial charge in [0.1, 0.15) is 6.17 Å². The molecule has 0 aromatic heterocycles. The number of aliphatic hydroxyl groups is 1. The van der Waals surface area contributed by atoms with Crippen LogP contribution in [0.4, 0.5) is 4.39 Å². The van der Waals surface area contributed by atoms with Crippen LogP contribution in [0.3, 0.4) is 0 Å². The van der Waals surface area contributed by atoms with Gasteiger partial charge in [-0.25, -0.2) is 4.39 Å². The molecule has 1 aliphatic rings. The summed E-state index contributed by atoms with van der Waals surface area (Å²) in [5.74, 6) is 0.244. The van der Waals surface area contributed by atoms with Crippen molar-refractivity contribution in [2.45, 2.75) is 31.9 Å². The van der Waals surface area contributed by atoms with Gasteiger partial charge >= 0.3 is 0 Å². The normalized spacial score (nSPS) is 36.7. The molecule has 2 atom stereocenters. The van der Waals surface area contributed by atoms with Gasteiger partial charge < -0.3 is 5.11 Å². The van der Waals surface area contributed by atoms with Crippen molar-refractivity contribution in [3.05, 3.63) is 0 Å². The highest BCUT2D eigenvalue weighted by atomic mass is 19.1. The van der Waals surface area contributed by atoms with Crippen molar-refractivity contribution in [2.75, 3.05) is 6.61 Å². The van der Waals surface area contributed by atoms with Crippen molar-refractivity contribution in [1.82, 2.24) is 0 Å². The third-order valence-corrected chi connectivity index (χ3v) is 1.98. The lowest BCUT2D eigenvalue weighted by Gasteiger charge is -2.21. The number of hydrogen-bond donors (Lipinski definition) is 1. The summed E-state index contributed by atoms with van der Waals surface area (Å²) in [6, 6.07) is 0. The average molecular weight is 132 g/mol. The molecule has 0 aliphatic heterocycles. The Labute approximate surface area is 54.9 Å². The monoisotopic (exact) mass is 132 g/mol. The molecule has 0 spiro atoms. The molecule has 0 aromatic rings. The Kier molecular flexibility index (Phi) is 2.46. The number of hydrogen-bond acceptors (Lipinski definition) is 1. The minimum atomic E-state index is -0.643. The summed E-state index contributed by atoms with van der Waals surface area (Å²) in [6.07, 6.45) is 2.60. The summed E-state index contributed by atoms with van der Waals surface area (Å²) < 4.78 is 12.5. The zero-order valence-electron chi connectivity index (χ0n) is 5.52. The fraction of sp³-hybridized carbons (Fsp3) is 1.00. The Morgan fingerprint density at radius 2 is 2.22 bits per heavy atom. The molecule has 1 aliphatic carbocycles. The fourth-order valence-electron chi connectivity index (χ4n) is 1.39. The highest BCUT2D eigenvalue weighted by molar-refractivity contribution is 4.71. The van der Waals surface area contributed by atoms with Crippen LogP contribution in [0.25, 0.3) is 0 Å². The fourth-order valence-corrected chi connectivity index (χ4v) is 1.39. The maximum absolute atomic E-state index is 12.5. The Morgan fingerprint density at radius 3 is 2.67 bits per heavy atom. The highest BCUT2D eigenvalue weighted by Gasteiger charge is 2.19. The van der Waals surface area contributed by atoms with Crippen LogP contribution in [0, 0.1) is 5.92 Å². The van der Waals surface area contributed by atoms with Gasteiger partial charge in [0.05, 0.1) is 0 Å². The minimum Gasteiger partial charge on any atom is -0.396 e. The summed E-state index contributed by atoms with van der Waals surface area (Å²) in [5.41, 5.74) is 0. The van der Waals surface area contributed by atoms with Crippen LogP contribution < -0.4 is 0 Å². The standard InChI is InChI=1S/C7H13FO/c8-7-3-1-2-6(4-7)5-9/h6-7,9H,1-5H2/t6-,7-/m0/s1. The Morgan fingerprint density at radius 1 is 1.44 bits per heavy atom. The van der Waals surface area contributed by atoms with Crippen molar-refractivity contribution >= 4 is 0 Å². The molecule has 0 unspecified atom stereocenters. The van der Waals surface area contributed by atoms with Crippen LogP contribution in [0.5, 0.6) is 0 Å². The molecule has 1 N–H and O–H groups in total. The Balaban J connectivity index is 2.23. The van der Waals surface area contributed by atoms with Gasteiger partial charge in [0.25, 0.3) is 0 Å². The highest BCUT2D eigenvalue weighted by Crippen LogP contribution is 2.25.